The minimum absolute atomic E-state index is 0.757. The van der Waals surface area contributed by atoms with Crippen LogP contribution in [0, 0.1) is 0 Å². The number of nitrogens with two attached hydrogens (primary N) is 1. The van der Waals surface area contributed by atoms with E-state index in [1.807, 2.05) is 12.1 Å². The normalized spacial score (nSPS) is 21.1. The second-order valence-electron chi connectivity index (χ2n) is 5.19. The minimum atomic E-state index is 0.757. The predicted octanol–water partition coefficient (Wildman–Crippen LogP) is 1.56. The van der Waals surface area contributed by atoms with Crippen LogP contribution >= 0.6 is 0 Å². The molecule has 0 amide bonds. The van der Waals surface area contributed by atoms with Gasteiger partial charge in [-0.1, -0.05) is 0 Å². The lowest BCUT2D eigenvalue weighted by molar-refractivity contribution is 0.247. The van der Waals surface area contributed by atoms with Crippen molar-refractivity contribution >= 4 is 11.4 Å². The third-order valence-electron chi connectivity index (χ3n) is 3.92. The van der Waals surface area contributed by atoms with Gasteiger partial charge in [0, 0.05) is 44.0 Å². The van der Waals surface area contributed by atoms with Crippen LogP contribution in [-0.4, -0.2) is 44.2 Å². The summed E-state index contributed by atoms with van der Waals surface area (Å²) >= 11 is 0. The molecule has 4 nitrogen and oxygen atoms in total. The van der Waals surface area contributed by atoms with Crippen molar-refractivity contribution in [2.75, 3.05) is 43.9 Å². The van der Waals surface area contributed by atoms with Gasteiger partial charge in [-0.05, 0) is 25.0 Å². The Balaban J connectivity index is 1.71. The Labute approximate surface area is 108 Å². The van der Waals surface area contributed by atoms with Gasteiger partial charge >= 0.3 is 0 Å². The fraction of sp³-hybridized carbons (Fsp3) is 0.571. The number of rotatable bonds is 3. The number of hydrogen-bond acceptors (Lipinski definition) is 4. The van der Waals surface area contributed by atoms with E-state index >= 15 is 0 Å². The molecule has 1 aromatic carbocycles. The van der Waals surface area contributed by atoms with Crippen molar-refractivity contribution < 1.29 is 4.74 Å². The summed E-state index contributed by atoms with van der Waals surface area (Å²) < 4.78 is 5.43. The first kappa shape index (κ1) is 11.7. The van der Waals surface area contributed by atoms with Crippen molar-refractivity contribution in [3.8, 4) is 5.75 Å². The van der Waals surface area contributed by atoms with Gasteiger partial charge in [0.2, 0.25) is 0 Å². The van der Waals surface area contributed by atoms with Crippen LogP contribution in [0.15, 0.2) is 18.2 Å². The molecule has 2 aliphatic rings. The van der Waals surface area contributed by atoms with Crippen LogP contribution in [0.5, 0.6) is 5.75 Å². The van der Waals surface area contributed by atoms with Gasteiger partial charge < -0.3 is 15.4 Å². The van der Waals surface area contributed by atoms with Gasteiger partial charge in [-0.15, -0.1) is 0 Å². The van der Waals surface area contributed by atoms with Crippen LogP contribution in [-0.2, 0) is 0 Å². The Bertz CT molecular complexity index is 423. The molecule has 1 saturated heterocycles. The van der Waals surface area contributed by atoms with Crippen LogP contribution in [0.25, 0.3) is 0 Å². The molecular weight excluding hydrogens is 226 g/mol. The number of piperazine rings is 1. The smallest absolute Gasteiger partial charge is 0.144 e. The van der Waals surface area contributed by atoms with E-state index in [0.29, 0.717) is 0 Å². The topological polar surface area (TPSA) is 41.7 Å². The number of anilines is 2. The summed E-state index contributed by atoms with van der Waals surface area (Å²) in [6.07, 6.45) is 2.79. The summed E-state index contributed by atoms with van der Waals surface area (Å²) in [5, 5.41) is 0. The van der Waals surface area contributed by atoms with E-state index in [9.17, 15) is 0 Å². The lowest BCUT2D eigenvalue weighted by Gasteiger charge is -2.36. The van der Waals surface area contributed by atoms with Crippen molar-refractivity contribution in [1.82, 2.24) is 4.90 Å². The van der Waals surface area contributed by atoms with E-state index in [-0.39, 0.29) is 0 Å². The van der Waals surface area contributed by atoms with Crippen molar-refractivity contribution in [3.63, 3.8) is 0 Å². The molecule has 0 atom stereocenters. The van der Waals surface area contributed by atoms with E-state index in [4.69, 9.17) is 10.5 Å². The zero-order valence-electron chi connectivity index (χ0n) is 10.9. The highest BCUT2D eigenvalue weighted by molar-refractivity contribution is 5.64. The van der Waals surface area contributed by atoms with Gasteiger partial charge in [-0.25, -0.2) is 0 Å². The van der Waals surface area contributed by atoms with Crippen LogP contribution < -0.4 is 15.4 Å². The molecule has 2 fully saturated rings. The Morgan fingerprint density at radius 2 is 1.89 bits per heavy atom. The van der Waals surface area contributed by atoms with Gasteiger partial charge in [0.05, 0.1) is 12.8 Å². The predicted molar refractivity (Wildman–Crippen MR) is 74.2 cm³/mol. The first-order chi connectivity index (χ1) is 8.78. The average Bonchev–Trinajstić information content (AvgIpc) is 3.23. The summed E-state index contributed by atoms with van der Waals surface area (Å²) in [6.45, 7) is 4.49. The molecule has 1 aromatic rings. The Hall–Kier alpha value is -1.42. The van der Waals surface area contributed by atoms with Crippen LogP contribution in [0.4, 0.5) is 11.4 Å². The Morgan fingerprint density at radius 3 is 2.50 bits per heavy atom. The summed E-state index contributed by atoms with van der Waals surface area (Å²) in [4.78, 5) is 5.01. The van der Waals surface area contributed by atoms with Gasteiger partial charge in [-0.3, -0.25) is 4.90 Å². The van der Waals surface area contributed by atoms with Crippen LogP contribution in [0.2, 0.25) is 0 Å². The number of nitrogen functional groups attached to an aromatic ring is 1. The molecule has 1 aliphatic heterocycles. The lowest BCUT2D eigenvalue weighted by atomic mass is 10.2. The van der Waals surface area contributed by atoms with Crippen molar-refractivity contribution in [2.45, 2.75) is 18.9 Å². The number of ether oxygens (including phenoxy) is 1. The lowest BCUT2D eigenvalue weighted by Crippen LogP contribution is -2.47. The van der Waals surface area contributed by atoms with Crippen LogP contribution in [0.1, 0.15) is 12.8 Å². The molecule has 18 heavy (non-hydrogen) atoms. The highest BCUT2D eigenvalue weighted by atomic mass is 16.5. The molecule has 0 spiro atoms. The summed E-state index contributed by atoms with van der Waals surface area (Å²) in [5.74, 6) is 0.884. The monoisotopic (exact) mass is 247 g/mol. The molecule has 4 heteroatoms. The molecular formula is C14H21N3O. The van der Waals surface area contributed by atoms with E-state index in [2.05, 4.69) is 15.9 Å². The highest BCUT2D eigenvalue weighted by Crippen LogP contribution is 2.33. The Kier molecular flexibility index (Phi) is 3.04. The van der Waals surface area contributed by atoms with Gasteiger partial charge in [0.25, 0.3) is 0 Å². The maximum Gasteiger partial charge on any atom is 0.144 e. The largest absolute Gasteiger partial charge is 0.495 e. The van der Waals surface area contributed by atoms with E-state index < -0.39 is 0 Å². The number of hydrogen-bond donors (Lipinski definition) is 1. The van der Waals surface area contributed by atoms with Crippen molar-refractivity contribution in [1.29, 1.82) is 0 Å². The minimum Gasteiger partial charge on any atom is -0.495 e. The van der Waals surface area contributed by atoms with Crippen molar-refractivity contribution in [3.05, 3.63) is 18.2 Å². The average molecular weight is 247 g/mol. The number of nitrogens with zero attached hydrogens (tertiary/aromatic N) is 2. The summed E-state index contributed by atoms with van der Waals surface area (Å²) in [6, 6.07) is 6.80. The standard InChI is InChI=1S/C14H21N3O/c1-18-14-10-11(15)2-5-13(14)17-8-6-16(7-9-17)12-3-4-12/h2,5,10,12H,3-4,6-9,15H2,1H3. The SMILES string of the molecule is COc1cc(N)ccc1N1CCN(C2CC2)CC1. The first-order valence-corrected chi connectivity index (χ1v) is 6.70. The summed E-state index contributed by atoms with van der Waals surface area (Å²) in [7, 11) is 1.71. The second-order valence-corrected chi connectivity index (χ2v) is 5.19. The van der Waals surface area contributed by atoms with E-state index in [1.54, 1.807) is 7.11 Å². The number of methoxy groups -OCH3 is 1. The number of benzene rings is 1. The fourth-order valence-corrected chi connectivity index (χ4v) is 2.72. The maximum absolute atomic E-state index is 5.80. The van der Waals surface area contributed by atoms with Crippen molar-refractivity contribution in [2.24, 2.45) is 0 Å². The van der Waals surface area contributed by atoms with E-state index in [0.717, 1.165) is 43.7 Å². The molecule has 0 aromatic heterocycles. The molecule has 2 N–H and O–H groups in total. The molecule has 3 rings (SSSR count). The van der Waals surface area contributed by atoms with Gasteiger partial charge in [0.15, 0.2) is 0 Å². The third kappa shape index (κ3) is 2.25. The highest BCUT2D eigenvalue weighted by Gasteiger charge is 2.31. The Morgan fingerprint density at radius 1 is 1.17 bits per heavy atom. The molecule has 1 heterocycles. The molecule has 1 saturated carbocycles. The molecule has 98 valence electrons. The molecule has 0 radical (unpaired) electrons. The first-order valence-electron chi connectivity index (χ1n) is 6.70. The van der Waals surface area contributed by atoms with Gasteiger partial charge in [0.1, 0.15) is 5.75 Å². The van der Waals surface area contributed by atoms with E-state index in [1.165, 1.54) is 18.5 Å². The zero-order chi connectivity index (χ0) is 12.5. The molecule has 0 bridgehead atoms. The maximum atomic E-state index is 5.80. The molecule has 1 aliphatic carbocycles. The third-order valence-corrected chi connectivity index (χ3v) is 3.92. The second kappa shape index (κ2) is 4.69. The fourth-order valence-electron chi connectivity index (χ4n) is 2.72. The van der Waals surface area contributed by atoms with Crippen LogP contribution in [0.3, 0.4) is 0 Å². The summed E-state index contributed by atoms with van der Waals surface area (Å²) in [5.41, 5.74) is 7.72. The molecule has 0 unspecified atom stereocenters. The van der Waals surface area contributed by atoms with Gasteiger partial charge in [-0.2, -0.15) is 0 Å². The quantitative estimate of drug-likeness (QED) is 0.823. The zero-order valence-corrected chi connectivity index (χ0v) is 10.9.